The molecule has 64 valence electrons. The van der Waals surface area contributed by atoms with E-state index < -0.39 is 17.6 Å². The van der Waals surface area contributed by atoms with Gasteiger partial charge in [0.1, 0.15) is 0 Å². The Balaban J connectivity index is 2.72. The lowest BCUT2D eigenvalue weighted by molar-refractivity contribution is -0.155. The fraction of sp³-hybridized carbons (Fsp3) is 0.857. The van der Waals surface area contributed by atoms with E-state index in [0.29, 0.717) is 6.42 Å². The van der Waals surface area contributed by atoms with Crippen molar-refractivity contribution < 1.29 is 15.0 Å². The molecule has 2 unspecified atom stereocenters. The van der Waals surface area contributed by atoms with Gasteiger partial charge >= 0.3 is 0 Å². The Morgan fingerprint density at radius 2 is 2.18 bits per heavy atom. The summed E-state index contributed by atoms with van der Waals surface area (Å²) < 4.78 is 0. The van der Waals surface area contributed by atoms with Gasteiger partial charge in [0.2, 0.25) is 0 Å². The van der Waals surface area contributed by atoms with Crippen molar-refractivity contribution in [2.24, 2.45) is 5.73 Å². The van der Waals surface area contributed by atoms with Crippen LogP contribution in [0.15, 0.2) is 0 Å². The topological polar surface area (TPSA) is 83.6 Å². The van der Waals surface area contributed by atoms with Crippen LogP contribution in [0.4, 0.5) is 0 Å². The molecular formula is C7H13NO3. The molecule has 0 saturated heterocycles. The van der Waals surface area contributed by atoms with Crippen molar-refractivity contribution >= 4 is 5.91 Å². The molecule has 1 fully saturated rings. The van der Waals surface area contributed by atoms with E-state index in [1.54, 1.807) is 0 Å². The minimum Gasteiger partial charge on any atom is -0.390 e. The van der Waals surface area contributed by atoms with Crippen molar-refractivity contribution in [2.75, 3.05) is 0 Å². The first-order valence-corrected chi connectivity index (χ1v) is 3.78. The minimum absolute atomic E-state index is 0.281. The number of hydrogen-bond donors (Lipinski definition) is 3. The van der Waals surface area contributed by atoms with Crippen LogP contribution in [0.2, 0.25) is 0 Å². The molecule has 4 nitrogen and oxygen atoms in total. The van der Waals surface area contributed by atoms with Crippen molar-refractivity contribution in [1.82, 2.24) is 0 Å². The molecule has 1 aliphatic rings. The van der Waals surface area contributed by atoms with Crippen LogP contribution in [-0.2, 0) is 4.79 Å². The fourth-order valence-corrected chi connectivity index (χ4v) is 1.42. The molecular weight excluding hydrogens is 146 g/mol. The second-order valence-electron chi connectivity index (χ2n) is 3.05. The number of amides is 1. The summed E-state index contributed by atoms with van der Waals surface area (Å²) in [5.41, 5.74) is 3.27. The van der Waals surface area contributed by atoms with Gasteiger partial charge in [0.25, 0.3) is 5.91 Å². The van der Waals surface area contributed by atoms with E-state index in [0.717, 1.165) is 12.8 Å². The Morgan fingerprint density at radius 1 is 1.55 bits per heavy atom. The van der Waals surface area contributed by atoms with E-state index in [4.69, 9.17) is 5.73 Å². The molecule has 0 bridgehead atoms. The standard InChI is InChI=1S/C7H13NO3/c8-6(10)7(11)4-2-1-3-5(7)9/h5,9,11H,1-4H2,(H2,8,10). The van der Waals surface area contributed by atoms with Crippen LogP contribution in [0.25, 0.3) is 0 Å². The van der Waals surface area contributed by atoms with Gasteiger partial charge in [-0.15, -0.1) is 0 Å². The third-order valence-electron chi connectivity index (χ3n) is 2.26. The Morgan fingerprint density at radius 3 is 2.55 bits per heavy atom. The monoisotopic (exact) mass is 159 g/mol. The number of hydrogen-bond acceptors (Lipinski definition) is 3. The van der Waals surface area contributed by atoms with Crippen molar-refractivity contribution in [3.8, 4) is 0 Å². The Bertz CT molecular complexity index is 171. The first-order valence-electron chi connectivity index (χ1n) is 3.78. The summed E-state index contributed by atoms with van der Waals surface area (Å²) in [6, 6.07) is 0. The number of primary amides is 1. The maximum absolute atomic E-state index is 10.7. The van der Waals surface area contributed by atoms with Gasteiger partial charge in [-0.05, 0) is 19.3 Å². The van der Waals surface area contributed by atoms with Crippen LogP contribution in [0.3, 0.4) is 0 Å². The number of rotatable bonds is 1. The molecule has 0 aliphatic heterocycles. The molecule has 1 aliphatic carbocycles. The van der Waals surface area contributed by atoms with Gasteiger partial charge in [-0.25, -0.2) is 0 Å². The molecule has 1 amide bonds. The SMILES string of the molecule is NC(=O)C1(O)CCCCC1O. The lowest BCUT2D eigenvalue weighted by Gasteiger charge is -2.33. The molecule has 0 radical (unpaired) electrons. The van der Waals surface area contributed by atoms with Gasteiger partial charge in [0.05, 0.1) is 6.10 Å². The van der Waals surface area contributed by atoms with Crippen molar-refractivity contribution in [3.05, 3.63) is 0 Å². The maximum atomic E-state index is 10.7. The van der Waals surface area contributed by atoms with Crippen molar-refractivity contribution in [1.29, 1.82) is 0 Å². The van der Waals surface area contributed by atoms with Crippen molar-refractivity contribution in [2.45, 2.75) is 37.4 Å². The highest BCUT2D eigenvalue weighted by molar-refractivity contribution is 5.84. The summed E-state index contributed by atoms with van der Waals surface area (Å²) in [5, 5.41) is 18.7. The molecule has 1 saturated carbocycles. The smallest absolute Gasteiger partial charge is 0.252 e. The lowest BCUT2D eigenvalue weighted by Crippen LogP contribution is -2.54. The highest BCUT2D eigenvalue weighted by atomic mass is 16.4. The summed E-state index contributed by atoms with van der Waals surface area (Å²) in [4.78, 5) is 10.7. The Labute approximate surface area is 65.0 Å². The number of aliphatic hydroxyl groups excluding tert-OH is 1. The first kappa shape index (κ1) is 8.49. The fourth-order valence-electron chi connectivity index (χ4n) is 1.42. The average molecular weight is 159 g/mol. The summed E-state index contributed by atoms with van der Waals surface area (Å²) in [5.74, 6) is -0.815. The largest absolute Gasteiger partial charge is 0.390 e. The lowest BCUT2D eigenvalue weighted by atomic mass is 9.82. The van der Waals surface area contributed by atoms with Crippen molar-refractivity contribution in [3.63, 3.8) is 0 Å². The molecule has 0 heterocycles. The predicted molar refractivity (Wildman–Crippen MR) is 38.6 cm³/mol. The van der Waals surface area contributed by atoms with E-state index in [1.807, 2.05) is 0 Å². The third-order valence-corrected chi connectivity index (χ3v) is 2.26. The predicted octanol–water partition coefficient (Wildman–Crippen LogP) is -0.862. The van der Waals surface area contributed by atoms with E-state index >= 15 is 0 Å². The minimum atomic E-state index is -1.67. The molecule has 0 aromatic rings. The van der Waals surface area contributed by atoms with E-state index in [9.17, 15) is 15.0 Å². The first-order chi connectivity index (χ1) is 5.07. The molecule has 4 heteroatoms. The Kier molecular flexibility index (Phi) is 2.15. The van der Waals surface area contributed by atoms with Gasteiger partial charge < -0.3 is 15.9 Å². The zero-order chi connectivity index (χ0) is 8.48. The molecule has 4 N–H and O–H groups in total. The van der Waals surface area contributed by atoms with Crippen LogP contribution in [-0.4, -0.2) is 27.8 Å². The summed E-state index contributed by atoms with van der Waals surface area (Å²) in [7, 11) is 0. The normalized spacial score (nSPS) is 38.5. The number of nitrogens with two attached hydrogens (primary N) is 1. The molecule has 11 heavy (non-hydrogen) atoms. The van der Waals surface area contributed by atoms with Gasteiger partial charge in [-0.1, -0.05) is 6.42 Å². The van der Waals surface area contributed by atoms with Crippen LogP contribution < -0.4 is 5.73 Å². The summed E-state index contributed by atoms with van der Waals surface area (Å²) >= 11 is 0. The molecule has 0 aromatic heterocycles. The quantitative estimate of drug-likeness (QED) is 0.465. The second kappa shape index (κ2) is 2.79. The van der Waals surface area contributed by atoms with Gasteiger partial charge in [0, 0.05) is 0 Å². The number of aliphatic hydroxyl groups is 2. The molecule has 0 spiro atoms. The zero-order valence-corrected chi connectivity index (χ0v) is 6.29. The van der Waals surface area contributed by atoms with Gasteiger partial charge in [-0.3, -0.25) is 4.79 Å². The number of carbonyl (C=O) groups is 1. The molecule has 2 atom stereocenters. The summed E-state index contributed by atoms with van der Waals surface area (Å²) in [6.07, 6.45) is 1.35. The van der Waals surface area contributed by atoms with Gasteiger partial charge in [0.15, 0.2) is 5.60 Å². The zero-order valence-electron chi connectivity index (χ0n) is 6.29. The third kappa shape index (κ3) is 1.36. The summed E-state index contributed by atoms with van der Waals surface area (Å²) in [6.45, 7) is 0. The van der Waals surface area contributed by atoms with Crippen LogP contribution in [0.1, 0.15) is 25.7 Å². The van der Waals surface area contributed by atoms with E-state index in [-0.39, 0.29) is 6.42 Å². The van der Waals surface area contributed by atoms with Crippen LogP contribution in [0, 0.1) is 0 Å². The van der Waals surface area contributed by atoms with Gasteiger partial charge in [-0.2, -0.15) is 0 Å². The maximum Gasteiger partial charge on any atom is 0.252 e. The highest BCUT2D eigenvalue weighted by Crippen LogP contribution is 2.27. The van der Waals surface area contributed by atoms with Crippen LogP contribution >= 0.6 is 0 Å². The average Bonchev–Trinajstić information content (AvgIpc) is 1.95. The Hall–Kier alpha value is -0.610. The van der Waals surface area contributed by atoms with E-state index in [1.165, 1.54) is 0 Å². The van der Waals surface area contributed by atoms with Crippen LogP contribution in [0.5, 0.6) is 0 Å². The second-order valence-corrected chi connectivity index (χ2v) is 3.05. The molecule has 0 aromatic carbocycles. The molecule has 1 rings (SSSR count). The number of carbonyl (C=O) groups excluding carboxylic acids is 1. The van der Waals surface area contributed by atoms with E-state index in [2.05, 4.69) is 0 Å². The highest BCUT2D eigenvalue weighted by Gasteiger charge is 2.43.